The molecule has 0 spiro atoms. The van der Waals surface area contributed by atoms with Gasteiger partial charge in [0.05, 0.1) is 5.39 Å². The fourth-order valence-corrected chi connectivity index (χ4v) is 2.19. The van der Waals surface area contributed by atoms with E-state index >= 15 is 0 Å². The smallest absolute Gasteiger partial charge is 0.341 e. The topological polar surface area (TPSA) is 75.3 Å². The number of aromatic nitrogens is 2. The summed E-state index contributed by atoms with van der Waals surface area (Å²) >= 11 is 0. The average molecular weight is 268 g/mol. The van der Waals surface area contributed by atoms with Gasteiger partial charge in [-0.3, -0.25) is 0 Å². The summed E-state index contributed by atoms with van der Waals surface area (Å²) in [4.78, 5) is 15.1. The number of hydrogen-bond donors (Lipinski definition) is 2. The number of carboxylic acid groups (broad SMARTS) is 1. The van der Waals surface area contributed by atoms with Gasteiger partial charge >= 0.3 is 5.97 Å². The van der Waals surface area contributed by atoms with Gasteiger partial charge in [0.25, 0.3) is 0 Å². The molecule has 0 bridgehead atoms. The average Bonchev–Trinajstić information content (AvgIpc) is 2.84. The molecule has 1 aromatic carbocycles. The number of aromatic hydroxyl groups is 1. The number of aromatic carboxylic acids is 1. The van der Waals surface area contributed by atoms with Crippen molar-refractivity contribution in [3.8, 4) is 5.75 Å². The van der Waals surface area contributed by atoms with Crippen LogP contribution in [0.3, 0.4) is 0 Å². The Kier molecular flexibility index (Phi) is 2.87. The van der Waals surface area contributed by atoms with E-state index in [2.05, 4.69) is 4.98 Å². The van der Waals surface area contributed by atoms with Crippen LogP contribution in [-0.2, 0) is 6.54 Å². The van der Waals surface area contributed by atoms with E-state index in [4.69, 9.17) is 5.11 Å². The van der Waals surface area contributed by atoms with Gasteiger partial charge in [0.15, 0.2) is 0 Å². The van der Waals surface area contributed by atoms with Crippen molar-refractivity contribution < 1.29 is 15.0 Å². The summed E-state index contributed by atoms with van der Waals surface area (Å²) in [5.41, 5.74) is 1.49. The van der Waals surface area contributed by atoms with E-state index in [1.54, 1.807) is 12.3 Å². The van der Waals surface area contributed by atoms with Crippen LogP contribution >= 0.6 is 0 Å². The minimum absolute atomic E-state index is 0.185. The minimum Gasteiger partial charge on any atom is -0.506 e. The molecule has 3 aromatic rings. The van der Waals surface area contributed by atoms with Crippen LogP contribution in [0.2, 0.25) is 0 Å². The van der Waals surface area contributed by atoms with Crippen LogP contribution < -0.4 is 0 Å². The first-order valence-electron chi connectivity index (χ1n) is 6.11. The molecule has 0 aliphatic carbocycles. The van der Waals surface area contributed by atoms with Crippen molar-refractivity contribution in [3.05, 3.63) is 59.9 Å². The van der Waals surface area contributed by atoms with Crippen LogP contribution in [0.15, 0.2) is 48.8 Å². The predicted octanol–water partition coefficient (Wildman–Crippen LogP) is 2.49. The van der Waals surface area contributed by atoms with Crippen molar-refractivity contribution in [2.24, 2.45) is 0 Å². The Bertz CT molecular complexity index is 778. The van der Waals surface area contributed by atoms with Gasteiger partial charge in [0, 0.05) is 18.9 Å². The van der Waals surface area contributed by atoms with Crippen molar-refractivity contribution >= 4 is 17.0 Å². The van der Waals surface area contributed by atoms with Gasteiger partial charge in [0.1, 0.15) is 17.0 Å². The van der Waals surface area contributed by atoms with Crippen LogP contribution in [0.5, 0.6) is 5.75 Å². The summed E-state index contributed by atoms with van der Waals surface area (Å²) < 4.78 is 1.87. The molecule has 0 radical (unpaired) electrons. The van der Waals surface area contributed by atoms with Gasteiger partial charge in [0.2, 0.25) is 0 Å². The summed E-state index contributed by atoms with van der Waals surface area (Å²) in [5.74, 6) is -1.43. The number of carbonyl (C=O) groups is 1. The molecule has 0 atom stereocenters. The predicted molar refractivity (Wildman–Crippen MR) is 73.9 cm³/mol. The number of pyridine rings is 1. The Morgan fingerprint density at radius 2 is 1.95 bits per heavy atom. The fourth-order valence-electron chi connectivity index (χ4n) is 2.19. The molecular formula is C15H12N2O3. The molecule has 0 unspecified atom stereocenters. The first-order chi connectivity index (χ1) is 9.66. The largest absolute Gasteiger partial charge is 0.506 e. The lowest BCUT2D eigenvalue weighted by Crippen LogP contribution is -2.01. The Hall–Kier alpha value is -2.82. The molecule has 0 fully saturated rings. The Morgan fingerprint density at radius 1 is 1.20 bits per heavy atom. The van der Waals surface area contributed by atoms with Crippen molar-refractivity contribution in [1.82, 2.24) is 9.55 Å². The van der Waals surface area contributed by atoms with Gasteiger partial charge in [-0.1, -0.05) is 30.3 Å². The number of fused-ring (bicyclic) bond motifs is 1. The third-order valence-corrected chi connectivity index (χ3v) is 3.19. The van der Waals surface area contributed by atoms with Crippen LogP contribution in [0.25, 0.3) is 11.0 Å². The molecular weight excluding hydrogens is 256 g/mol. The molecule has 2 N–H and O–H groups in total. The molecule has 3 rings (SSSR count). The number of hydrogen-bond acceptors (Lipinski definition) is 3. The minimum atomic E-state index is -1.19. The van der Waals surface area contributed by atoms with E-state index in [1.165, 1.54) is 6.20 Å². The van der Waals surface area contributed by atoms with E-state index in [1.807, 2.05) is 34.9 Å². The molecule has 2 heterocycles. The van der Waals surface area contributed by atoms with Crippen molar-refractivity contribution in [3.63, 3.8) is 0 Å². The maximum Gasteiger partial charge on any atom is 0.341 e. The summed E-state index contributed by atoms with van der Waals surface area (Å²) in [6.45, 7) is 0.614. The molecule has 0 saturated carbocycles. The second kappa shape index (κ2) is 4.70. The van der Waals surface area contributed by atoms with Gasteiger partial charge in [-0.15, -0.1) is 0 Å². The van der Waals surface area contributed by atoms with Gasteiger partial charge in [-0.25, -0.2) is 9.78 Å². The molecule has 20 heavy (non-hydrogen) atoms. The third kappa shape index (κ3) is 1.99. The van der Waals surface area contributed by atoms with Crippen LogP contribution in [-0.4, -0.2) is 25.7 Å². The lowest BCUT2D eigenvalue weighted by Gasteiger charge is -2.06. The molecule has 0 aliphatic heterocycles. The zero-order valence-electron chi connectivity index (χ0n) is 10.5. The SMILES string of the molecule is O=C(O)c1cnc2c(ccn2Cc2ccccc2)c1O. The zero-order chi connectivity index (χ0) is 14.1. The highest BCUT2D eigenvalue weighted by atomic mass is 16.4. The standard InChI is InChI=1S/C15H12N2O3/c18-13-11-6-7-17(9-10-4-2-1-3-5-10)14(11)16-8-12(13)15(19)20/h1-8H,9H2,(H,16,18)(H,19,20). The number of carboxylic acids is 1. The number of benzene rings is 1. The Labute approximate surface area is 114 Å². The van der Waals surface area contributed by atoms with Gasteiger partial charge < -0.3 is 14.8 Å². The number of rotatable bonds is 3. The van der Waals surface area contributed by atoms with E-state index in [9.17, 15) is 9.90 Å². The van der Waals surface area contributed by atoms with E-state index in [0.29, 0.717) is 17.6 Å². The third-order valence-electron chi connectivity index (χ3n) is 3.19. The molecule has 5 nitrogen and oxygen atoms in total. The first-order valence-corrected chi connectivity index (χ1v) is 6.11. The zero-order valence-corrected chi connectivity index (χ0v) is 10.5. The maximum atomic E-state index is 11.0. The van der Waals surface area contributed by atoms with Crippen LogP contribution in [0, 0.1) is 0 Å². The maximum absolute atomic E-state index is 11.0. The highest BCUT2D eigenvalue weighted by Gasteiger charge is 2.15. The summed E-state index contributed by atoms with van der Waals surface area (Å²) in [6, 6.07) is 11.5. The van der Waals surface area contributed by atoms with Crippen LogP contribution in [0.1, 0.15) is 15.9 Å². The van der Waals surface area contributed by atoms with E-state index < -0.39 is 5.97 Å². The Morgan fingerprint density at radius 3 is 2.65 bits per heavy atom. The highest BCUT2D eigenvalue weighted by Crippen LogP contribution is 2.28. The van der Waals surface area contributed by atoms with Crippen molar-refractivity contribution in [2.75, 3.05) is 0 Å². The van der Waals surface area contributed by atoms with Gasteiger partial charge in [-0.05, 0) is 11.6 Å². The molecule has 2 aromatic heterocycles. The highest BCUT2D eigenvalue weighted by molar-refractivity contribution is 5.97. The quantitative estimate of drug-likeness (QED) is 0.765. The van der Waals surface area contributed by atoms with Crippen LogP contribution in [0.4, 0.5) is 0 Å². The molecule has 0 saturated heterocycles. The lowest BCUT2D eigenvalue weighted by molar-refractivity contribution is 0.0693. The lowest BCUT2D eigenvalue weighted by atomic mass is 10.2. The van der Waals surface area contributed by atoms with E-state index in [0.717, 1.165) is 5.56 Å². The second-order valence-corrected chi connectivity index (χ2v) is 4.49. The number of nitrogens with zero attached hydrogens (tertiary/aromatic N) is 2. The molecule has 100 valence electrons. The van der Waals surface area contributed by atoms with Crippen molar-refractivity contribution in [1.29, 1.82) is 0 Å². The first kappa shape index (κ1) is 12.2. The fraction of sp³-hybridized carbons (Fsp3) is 0.0667. The Balaban J connectivity index is 2.06. The summed E-state index contributed by atoms with van der Waals surface area (Å²) in [6.07, 6.45) is 2.97. The van der Waals surface area contributed by atoms with E-state index in [-0.39, 0.29) is 11.3 Å². The second-order valence-electron chi connectivity index (χ2n) is 4.49. The molecule has 0 aliphatic rings. The molecule has 0 amide bonds. The summed E-state index contributed by atoms with van der Waals surface area (Å²) in [5, 5.41) is 19.4. The summed E-state index contributed by atoms with van der Waals surface area (Å²) in [7, 11) is 0. The van der Waals surface area contributed by atoms with Gasteiger partial charge in [-0.2, -0.15) is 0 Å². The van der Waals surface area contributed by atoms with Crippen molar-refractivity contribution in [2.45, 2.75) is 6.54 Å². The molecule has 5 heteroatoms. The monoisotopic (exact) mass is 268 g/mol. The normalized spacial score (nSPS) is 10.8.